The minimum absolute atomic E-state index is 1.45. The zero-order valence-corrected chi connectivity index (χ0v) is 16.2. The number of benzene rings is 3. The second-order valence-electron chi connectivity index (χ2n) is 10.5. The van der Waals surface area contributed by atoms with Crippen molar-refractivity contribution in [3.05, 3.63) is 91.0 Å². The van der Waals surface area contributed by atoms with Crippen molar-refractivity contribution in [3.8, 4) is 0 Å². The van der Waals surface area contributed by atoms with Crippen LogP contribution in [0.4, 0.5) is 0 Å². The van der Waals surface area contributed by atoms with E-state index in [1.54, 1.807) is 0 Å². The molecule has 0 aliphatic rings. The Kier molecular flexibility index (Phi) is 2.87. The van der Waals surface area contributed by atoms with Gasteiger partial charge in [0.1, 0.15) is 0 Å². The van der Waals surface area contributed by atoms with E-state index < -0.39 is 12.7 Å². The normalized spacial score (nSPS) is 16.6. The summed E-state index contributed by atoms with van der Waals surface area (Å²) >= 11 is -4.46. The fourth-order valence-corrected chi connectivity index (χ4v) is 14.6. The maximum absolute atomic E-state index is 4.46. The fraction of sp³-hybridized carbons (Fsp3) is 0.182. The van der Waals surface area contributed by atoms with Crippen LogP contribution < -0.4 is 11.6 Å². The molecule has 0 saturated heterocycles. The molecule has 1 heteroatoms. The van der Waals surface area contributed by atoms with Crippen LogP contribution in [0.1, 0.15) is 0 Å². The van der Waals surface area contributed by atoms with Crippen LogP contribution in [0.2, 0.25) is 20.9 Å². The quantitative estimate of drug-likeness (QED) is 0.595. The Morgan fingerprint density at radius 3 is 0.826 bits per heavy atom. The molecule has 0 atom stereocenters. The van der Waals surface area contributed by atoms with Crippen molar-refractivity contribution in [2.24, 2.45) is 0 Å². The van der Waals surface area contributed by atoms with Crippen molar-refractivity contribution in [2.75, 3.05) is 0 Å². The summed E-state index contributed by atoms with van der Waals surface area (Å²) in [6, 6.07) is 33.2. The van der Waals surface area contributed by atoms with Gasteiger partial charge >= 0.3 is 136 Å². The molecule has 0 aliphatic carbocycles. The molecule has 0 spiro atoms. The van der Waals surface area contributed by atoms with Crippen molar-refractivity contribution in [1.29, 1.82) is 0 Å². The van der Waals surface area contributed by atoms with E-state index in [1.165, 1.54) is 11.6 Å². The second kappa shape index (κ2) is 4.07. The van der Waals surface area contributed by atoms with Crippen LogP contribution >= 0.6 is 0 Å². The minimum atomic E-state index is -4.46. The molecule has 0 aromatic heterocycles. The number of rotatable bonds is 3. The monoisotopic (exact) mass is 339 g/mol. The predicted molar refractivity (Wildman–Crippen MR) is 102 cm³/mol. The zero-order valence-electron chi connectivity index (χ0n) is 14.7. The van der Waals surface area contributed by atoms with Crippen molar-refractivity contribution in [3.63, 3.8) is 0 Å². The summed E-state index contributed by atoms with van der Waals surface area (Å²) in [6.07, 6.45) is 0. The molecule has 0 bridgehead atoms. The SMILES string of the molecule is [CH3][Ti]([CH3])([CH3])([CH3])([c]1ccccc1)([c]1ccccc1)[c]1ccccc1. The van der Waals surface area contributed by atoms with Crippen LogP contribution in [0.15, 0.2) is 91.0 Å². The van der Waals surface area contributed by atoms with Gasteiger partial charge in [0.25, 0.3) is 0 Å². The molecular weight excluding hydrogens is 312 g/mol. The standard InChI is InChI=1S/3C6H5.4CH3.Ti/c3*1-2-4-6-5-3-1;;;;;/h3*1-5H;4*1H3;. The molecule has 0 nitrogen and oxygen atoms in total. The molecule has 23 heavy (non-hydrogen) atoms. The van der Waals surface area contributed by atoms with Crippen LogP contribution in [0.25, 0.3) is 0 Å². The Labute approximate surface area is 136 Å². The topological polar surface area (TPSA) is 0 Å². The predicted octanol–water partition coefficient (Wildman–Crippen LogP) is 4.92. The molecule has 3 aromatic rings. The first kappa shape index (κ1) is 16.2. The van der Waals surface area contributed by atoms with Gasteiger partial charge in [-0.1, -0.05) is 0 Å². The maximum atomic E-state index is 2.54. The van der Waals surface area contributed by atoms with Gasteiger partial charge in [-0.2, -0.15) is 0 Å². The molecule has 3 rings (SSSR count). The molecule has 0 N–H and O–H groups in total. The van der Waals surface area contributed by atoms with Gasteiger partial charge in [0.05, 0.1) is 0 Å². The van der Waals surface area contributed by atoms with Crippen LogP contribution in [0.3, 0.4) is 0 Å². The summed E-state index contributed by atoms with van der Waals surface area (Å²) in [7, 11) is 0. The summed E-state index contributed by atoms with van der Waals surface area (Å²) in [5, 5.41) is 10.2. The van der Waals surface area contributed by atoms with Gasteiger partial charge in [-0.25, -0.2) is 0 Å². The van der Waals surface area contributed by atoms with Crippen LogP contribution in [-0.4, -0.2) is 0 Å². The molecule has 119 valence electrons. The third kappa shape index (κ3) is 2.02. The number of hydrogen-bond donors (Lipinski definition) is 0. The third-order valence-electron chi connectivity index (χ3n) is 6.65. The number of hydrogen-bond acceptors (Lipinski definition) is 0. The second-order valence-corrected chi connectivity index (χ2v) is 33.1. The molecule has 0 fully saturated rings. The Morgan fingerprint density at radius 2 is 0.609 bits per heavy atom. The summed E-state index contributed by atoms with van der Waals surface area (Å²) in [5.74, 6) is 0. The van der Waals surface area contributed by atoms with E-state index in [4.69, 9.17) is 0 Å². The Balaban J connectivity index is 2.61. The van der Waals surface area contributed by atoms with E-state index in [0.29, 0.717) is 0 Å². The summed E-state index contributed by atoms with van der Waals surface area (Å²) in [5.41, 5.74) is 0. The first-order chi connectivity index (χ1) is 10.6. The van der Waals surface area contributed by atoms with E-state index in [0.717, 1.165) is 0 Å². The van der Waals surface area contributed by atoms with E-state index >= 15 is 0 Å². The summed E-state index contributed by atoms with van der Waals surface area (Å²) < 4.78 is 4.34. The fourth-order valence-electron chi connectivity index (χ4n) is 4.31. The average molecular weight is 339 g/mol. The van der Waals surface area contributed by atoms with Crippen LogP contribution in [-0.2, 0) is 12.7 Å². The van der Waals surface area contributed by atoms with E-state index in [1.807, 2.05) is 0 Å². The Hall–Kier alpha value is -1.63. The van der Waals surface area contributed by atoms with Crippen molar-refractivity contribution in [2.45, 2.75) is 20.9 Å². The molecule has 0 radical (unpaired) electrons. The van der Waals surface area contributed by atoms with Crippen LogP contribution in [0, 0.1) is 0 Å². The Bertz CT molecular complexity index is 737. The van der Waals surface area contributed by atoms with Crippen LogP contribution in [0.5, 0.6) is 0 Å². The third-order valence-corrected chi connectivity index (χ3v) is 21.7. The van der Waals surface area contributed by atoms with Gasteiger partial charge in [0, 0.05) is 0 Å². The van der Waals surface area contributed by atoms with Gasteiger partial charge in [0.15, 0.2) is 0 Å². The molecule has 0 heterocycles. The van der Waals surface area contributed by atoms with Gasteiger partial charge in [0.2, 0.25) is 0 Å². The van der Waals surface area contributed by atoms with Gasteiger partial charge in [-0.3, -0.25) is 0 Å². The van der Waals surface area contributed by atoms with Crippen molar-refractivity contribution in [1.82, 2.24) is 0 Å². The first-order valence-electron chi connectivity index (χ1n) is 8.48. The average Bonchev–Trinajstić information content (AvgIpc) is 2.57. The van der Waals surface area contributed by atoms with E-state index in [2.05, 4.69) is 112 Å². The molecular formula is C22H27Ti. The molecule has 0 unspecified atom stereocenters. The summed E-state index contributed by atoms with van der Waals surface area (Å²) in [4.78, 5) is 0. The first-order valence-corrected chi connectivity index (χ1v) is 17.1. The van der Waals surface area contributed by atoms with Gasteiger partial charge in [-0.05, 0) is 0 Å². The van der Waals surface area contributed by atoms with Crippen molar-refractivity contribution >= 4 is 11.6 Å². The van der Waals surface area contributed by atoms with Crippen molar-refractivity contribution < 1.29 is 12.7 Å². The Morgan fingerprint density at radius 1 is 0.391 bits per heavy atom. The van der Waals surface area contributed by atoms with E-state index in [-0.39, 0.29) is 0 Å². The van der Waals surface area contributed by atoms with E-state index in [9.17, 15) is 0 Å². The summed E-state index contributed by atoms with van der Waals surface area (Å²) in [6.45, 7) is 0. The molecule has 3 aromatic carbocycles. The zero-order chi connectivity index (χ0) is 16.7. The van der Waals surface area contributed by atoms with Gasteiger partial charge < -0.3 is 0 Å². The molecule has 0 amide bonds. The molecule has 0 aliphatic heterocycles. The molecule has 0 saturated carbocycles. The van der Waals surface area contributed by atoms with Gasteiger partial charge in [-0.15, -0.1) is 0 Å².